The van der Waals surface area contributed by atoms with E-state index in [1.165, 1.54) is 6.42 Å². The summed E-state index contributed by atoms with van der Waals surface area (Å²) in [7, 11) is 0. The number of anilines is 1. The highest BCUT2D eigenvalue weighted by molar-refractivity contribution is 5.95. The smallest absolute Gasteiger partial charge is 0.322 e. The van der Waals surface area contributed by atoms with Crippen LogP contribution in [0.4, 0.5) is 10.5 Å². The predicted molar refractivity (Wildman–Crippen MR) is 102 cm³/mol. The third-order valence-corrected chi connectivity index (χ3v) is 5.31. The Labute approximate surface area is 155 Å². The molecule has 2 fully saturated rings. The molecule has 0 saturated carbocycles. The van der Waals surface area contributed by atoms with Crippen LogP contribution in [0.15, 0.2) is 24.3 Å². The van der Waals surface area contributed by atoms with Crippen LogP contribution in [0, 0.1) is 0 Å². The second kappa shape index (κ2) is 9.14. The largest absolute Gasteiger partial charge is 0.379 e. The molecule has 1 unspecified atom stereocenters. The first-order valence-electron chi connectivity index (χ1n) is 9.62. The Hall–Kier alpha value is -1.92. The zero-order chi connectivity index (χ0) is 18.4. The summed E-state index contributed by atoms with van der Waals surface area (Å²) in [5, 5.41) is 2.99. The first kappa shape index (κ1) is 18.9. The van der Waals surface area contributed by atoms with Crippen LogP contribution < -0.4 is 5.32 Å². The van der Waals surface area contributed by atoms with E-state index in [-0.39, 0.29) is 11.8 Å². The fourth-order valence-electron chi connectivity index (χ4n) is 3.71. The van der Waals surface area contributed by atoms with Crippen molar-refractivity contribution in [1.29, 1.82) is 0 Å². The third-order valence-electron chi connectivity index (χ3n) is 5.31. The minimum atomic E-state index is -0.0350. The number of piperidine rings is 1. The molecule has 3 rings (SSSR count). The number of ketones is 1. The maximum Gasteiger partial charge on any atom is 0.322 e. The van der Waals surface area contributed by atoms with Gasteiger partial charge in [-0.25, -0.2) is 4.79 Å². The molecule has 2 saturated heterocycles. The first-order chi connectivity index (χ1) is 12.6. The number of morpholine rings is 1. The minimum absolute atomic E-state index is 0.0297. The molecular weight excluding hydrogens is 330 g/mol. The molecule has 0 aromatic heterocycles. The Morgan fingerprint density at radius 2 is 1.85 bits per heavy atom. The van der Waals surface area contributed by atoms with Gasteiger partial charge in [-0.15, -0.1) is 0 Å². The molecule has 2 aliphatic rings. The van der Waals surface area contributed by atoms with E-state index in [1.807, 2.05) is 4.90 Å². The number of rotatable bonds is 5. The standard InChI is InChI=1S/C20H29N3O3/c1-16(24)17-5-7-18(8-6-17)21-20(25)23-10-3-2-4-19(23)9-11-22-12-14-26-15-13-22/h5-8,19H,2-4,9-15H2,1H3,(H,21,25). The number of hydrogen-bond acceptors (Lipinski definition) is 4. The van der Waals surface area contributed by atoms with Gasteiger partial charge >= 0.3 is 6.03 Å². The van der Waals surface area contributed by atoms with Gasteiger partial charge < -0.3 is 15.0 Å². The highest BCUT2D eigenvalue weighted by atomic mass is 16.5. The molecule has 0 spiro atoms. The van der Waals surface area contributed by atoms with Crippen molar-refractivity contribution in [3.63, 3.8) is 0 Å². The van der Waals surface area contributed by atoms with E-state index in [0.29, 0.717) is 11.6 Å². The van der Waals surface area contributed by atoms with Crippen LogP contribution in [0.25, 0.3) is 0 Å². The molecule has 1 aromatic carbocycles. The maximum atomic E-state index is 12.8. The van der Waals surface area contributed by atoms with Crippen molar-refractivity contribution in [3.8, 4) is 0 Å². The van der Waals surface area contributed by atoms with Gasteiger partial charge in [0.15, 0.2) is 5.78 Å². The van der Waals surface area contributed by atoms with Crippen molar-refractivity contribution < 1.29 is 14.3 Å². The Morgan fingerprint density at radius 1 is 1.12 bits per heavy atom. The van der Waals surface area contributed by atoms with Crippen molar-refractivity contribution in [2.45, 2.75) is 38.6 Å². The minimum Gasteiger partial charge on any atom is -0.379 e. The molecule has 6 nitrogen and oxygen atoms in total. The average molecular weight is 359 g/mol. The predicted octanol–water partition coefficient (Wildman–Crippen LogP) is 3.00. The number of nitrogens with zero attached hydrogens (tertiary/aromatic N) is 2. The van der Waals surface area contributed by atoms with Gasteiger partial charge in [0, 0.05) is 43.5 Å². The summed E-state index contributed by atoms with van der Waals surface area (Å²) in [5.41, 5.74) is 1.39. The van der Waals surface area contributed by atoms with Crippen LogP contribution >= 0.6 is 0 Å². The van der Waals surface area contributed by atoms with Gasteiger partial charge in [-0.05, 0) is 56.9 Å². The van der Waals surface area contributed by atoms with Crippen molar-refractivity contribution in [2.75, 3.05) is 44.7 Å². The molecule has 2 aliphatic heterocycles. The number of urea groups is 1. The molecule has 142 valence electrons. The maximum absolute atomic E-state index is 12.8. The number of likely N-dealkylation sites (tertiary alicyclic amines) is 1. The number of carbonyl (C=O) groups is 2. The lowest BCUT2D eigenvalue weighted by Crippen LogP contribution is -2.48. The SMILES string of the molecule is CC(=O)c1ccc(NC(=O)N2CCCCC2CCN2CCOCC2)cc1. The first-order valence-corrected chi connectivity index (χ1v) is 9.62. The lowest BCUT2D eigenvalue weighted by molar-refractivity contribution is 0.0329. The summed E-state index contributed by atoms with van der Waals surface area (Å²) in [6.45, 7) is 6.97. The second-order valence-corrected chi connectivity index (χ2v) is 7.15. The van der Waals surface area contributed by atoms with Gasteiger partial charge in [-0.3, -0.25) is 9.69 Å². The van der Waals surface area contributed by atoms with Gasteiger partial charge in [-0.2, -0.15) is 0 Å². The summed E-state index contributed by atoms with van der Waals surface area (Å²) in [4.78, 5) is 28.5. The Morgan fingerprint density at radius 3 is 2.54 bits per heavy atom. The van der Waals surface area contributed by atoms with E-state index in [2.05, 4.69) is 10.2 Å². The molecule has 26 heavy (non-hydrogen) atoms. The topological polar surface area (TPSA) is 61.9 Å². The molecule has 6 heteroatoms. The van der Waals surface area contributed by atoms with E-state index in [4.69, 9.17) is 4.74 Å². The zero-order valence-electron chi connectivity index (χ0n) is 15.6. The highest BCUT2D eigenvalue weighted by Gasteiger charge is 2.27. The molecule has 1 N–H and O–H groups in total. The van der Waals surface area contributed by atoms with Crippen molar-refractivity contribution in [1.82, 2.24) is 9.80 Å². The molecule has 0 aliphatic carbocycles. The molecule has 2 heterocycles. The molecular formula is C20H29N3O3. The molecule has 1 atom stereocenters. The van der Waals surface area contributed by atoms with Crippen LogP contribution in [-0.2, 0) is 4.74 Å². The molecule has 2 amide bonds. The summed E-state index contributed by atoms with van der Waals surface area (Å²) >= 11 is 0. The van der Waals surface area contributed by atoms with E-state index >= 15 is 0 Å². The van der Waals surface area contributed by atoms with Gasteiger partial charge in [0.05, 0.1) is 13.2 Å². The Bertz CT molecular complexity index is 611. The van der Waals surface area contributed by atoms with Crippen LogP contribution in [0.3, 0.4) is 0 Å². The summed E-state index contributed by atoms with van der Waals surface area (Å²) < 4.78 is 5.40. The van der Waals surface area contributed by atoms with Crippen LogP contribution in [0.1, 0.15) is 43.0 Å². The zero-order valence-corrected chi connectivity index (χ0v) is 15.6. The number of benzene rings is 1. The van der Waals surface area contributed by atoms with Gasteiger partial charge in [0.1, 0.15) is 0 Å². The number of Topliss-reactive ketones (excluding diaryl/α,β-unsaturated/α-hetero) is 1. The fourth-order valence-corrected chi connectivity index (χ4v) is 3.71. The Balaban J connectivity index is 1.55. The molecule has 1 aromatic rings. The summed E-state index contributed by atoms with van der Waals surface area (Å²) in [6.07, 6.45) is 4.33. The van der Waals surface area contributed by atoms with Crippen LogP contribution in [0.2, 0.25) is 0 Å². The third kappa shape index (κ3) is 5.05. The van der Waals surface area contributed by atoms with E-state index < -0.39 is 0 Å². The second-order valence-electron chi connectivity index (χ2n) is 7.15. The summed E-state index contributed by atoms with van der Waals surface area (Å²) in [5.74, 6) is 0.0297. The van der Waals surface area contributed by atoms with Gasteiger partial charge in [-0.1, -0.05) is 0 Å². The van der Waals surface area contributed by atoms with Crippen molar-refractivity contribution in [3.05, 3.63) is 29.8 Å². The van der Waals surface area contributed by atoms with Gasteiger partial charge in [0.25, 0.3) is 0 Å². The van der Waals surface area contributed by atoms with E-state index in [1.54, 1.807) is 31.2 Å². The fraction of sp³-hybridized carbons (Fsp3) is 0.600. The van der Waals surface area contributed by atoms with Crippen molar-refractivity contribution >= 4 is 17.5 Å². The lowest BCUT2D eigenvalue weighted by Gasteiger charge is -2.37. The number of hydrogen-bond donors (Lipinski definition) is 1. The lowest BCUT2D eigenvalue weighted by atomic mass is 9.99. The normalized spacial score (nSPS) is 21.4. The highest BCUT2D eigenvalue weighted by Crippen LogP contribution is 2.22. The average Bonchev–Trinajstić information content (AvgIpc) is 2.68. The number of nitrogens with one attached hydrogen (secondary N) is 1. The molecule has 0 bridgehead atoms. The monoisotopic (exact) mass is 359 g/mol. The quantitative estimate of drug-likeness (QED) is 0.821. The van der Waals surface area contributed by atoms with Crippen LogP contribution in [0.5, 0.6) is 0 Å². The van der Waals surface area contributed by atoms with Gasteiger partial charge in [0.2, 0.25) is 0 Å². The van der Waals surface area contributed by atoms with E-state index in [9.17, 15) is 9.59 Å². The molecule has 0 radical (unpaired) electrons. The number of ether oxygens (including phenoxy) is 1. The Kier molecular flexibility index (Phi) is 6.63. The number of carbonyl (C=O) groups excluding carboxylic acids is 2. The van der Waals surface area contributed by atoms with Crippen LogP contribution in [-0.4, -0.2) is 67.0 Å². The number of amides is 2. The van der Waals surface area contributed by atoms with Crippen molar-refractivity contribution in [2.24, 2.45) is 0 Å². The summed E-state index contributed by atoms with van der Waals surface area (Å²) in [6, 6.07) is 7.35. The van der Waals surface area contributed by atoms with E-state index in [0.717, 1.165) is 64.3 Å².